The Balaban J connectivity index is 2.20. The minimum absolute atomic E-state index is 0.159. The molecule has 0 saturated carbocycles. The fraction of sp³-hybridized carbons (Fsp3) is 0.533. The van der Waals surface area contributed by atoms with E-state index in [0.29, 0.717) is 0 Å². The summed E-state index contributed by atoms with van der Waals surface area (Å²) in [6.45, 7) is 8.23. The molecule has 0 radical (unpaired) electrons. The molecule has 2 rings (SSSR count). The summed E-state index contributed by atoms with van der Waals surface area (Å²) in [5, 5.41) is 0. The van der Waals surface area contributed by atoms with Gasteiger partial charge in [0.05, 0.1) is 0 Å². The van der Waals surface area contributed by atoms with E-state index in [0.717, 1.165) is 35.1 Å². The first kappa shape index (κ1) is 13.6. The molecule has 1 aromatic carbocycles. The van der Waals surface area contributed by atoms with Gasteiger partial charge in [-0.25, -0.2) is 0 Å². The second-order valence-electron chi connectivity index (χ2n) is 6.01. The first-order valence-corrected chi connectivity index (χ1v) is 7.23. The highest BCUT2D eigenvalue weighted by molar-refractivity contribution is 9.10. The minimum atomic E-state index is 0.159. The number of likely N-dealkylation sites (tertiary alicyclic amines) is 1. The first-order valence-electron chi connectivity index (χ1n) is 6.44. The molecule has 2 nitrogen and oxygen atoms in total. The van der Waals surface area contributed by atoms with E-state index in [2.05, 4.69) is 29.8 Å². The number of hydrogen-bond donors (Lipinski definition) is 0. The lowest BCUT2D eigenvalue weighted by molar-refractivity contribution is 0.0583. The summed E-state index contributed by atoms with van der Waals surface area (Å²) in [5.74, 6) is 0.159. The molecule has 0 atom stereocenters. The van der Waals surface area contributed by atoms with Crippen LogP contribution in [0.15, 0.2) is 22.7 Å². The fourth-order valence-corrected chi connectivity index (χ4v) is 3.25. The van der Waals surface area contributed by atoms with E-state index in [1.165, 1.54) is 6.42 Å². The average molecular weight is 310 g/mol. The second kappa shape index (κ2) is 5.04. The standard InChI is InChI=1S/C15H20BrNO/c1-11-7-12(9-13(16)8-11)14(18)17-6-4-5-15(2,3)10-17/h7-9H,4-6,10H2,1-3H3. The summed E-state index contributed by atoms with van der Waals surface area (Å²) >= 11 is 3.46. The predicted molar refractivity (Wildman–Crippen MR) is 77.8 cm³/mol. The Morgan fingerprint density at radius 1 is 1.33 bits per heavy atom. The molecule has 0 unspecified atom stereocenters. The lowest BCUT2D eigenvalue weighted by Crippen LogP contribution is -2.43. The number of piperidine rings is 1. The van der Waals surface area contributed by atoms with Crippen molar-refractivity contribution in [1.82, 2.24) is 4.90 Å². The minimum Gasteiger partial charge on any atom is -0.338 e. The molecule has 1 aliphatic rings. The van der Waals surface area contributed by atoms with Gasteiger partial charge in [-0.3, -0.25) is 4.79 Å². The zero-order valence-electron chi connectivity index (χ0n) is 11.3. The van der Waals surface area contributed by atoms with Crippen molar-refractivity contribution in [2.75, 3.05) is 13.1 Å². The van der Waals surface area contributed by atoms with Crippen LogP contribution in [0.25, 0.3) is 0 Å². The monoisotopic (exact) mass is 309 g/mol. The molecule has 1 saturated heterocycles. The number of hydrogen-bond acceptors (Lipinski definition) is 1. The van der Waals surface area contributed by atoms with Crippen molar-refractivity contribution in [3.05, 3.63) is 33.8 Å². The Labute approximate surface area is 117 Å². The van der Waals surface area contributed by atoms with Crippen molar-refractivity contribution >= 4 is 21.8 Å². The van der Waals surface area contributed by atoms with Crippen LogP contribution in [-0.2, 0) is 0 Å². The zero-order valence-corrected chi connectivity index (χ0v) is 12.9. The number of halogens is 1. The van der Waals surface area contributed by atoms with Crippen LogP contribution in [0.4, 0.5) is 0 Å². The largest absolute Gasteiger partial charge is 0.338 e. The van der Waals surface area contributed by atoms with Gasteiger partial charge in [0.15, 0.2) is 0 Å². The summed E-state index contributed by atoms with van der Waals surface area (Å²) in [7, 11) is 0. The van der Waals surface area contributed by atoms with Gasteiger partial charge in [-0.1, -0.05) is 29.8 Å². The van der Waals surface area contributed by atoms with Crippen LogP contribution in [0, 0.1) is 12.3 Å². The maximum absolute atomic E-state index is 12.5. The van der Waals surface area contributed by atoms with Crippen LogP contribution in [0.1, 0.15) is 42.6 Å². The van der Waals surface area contributed by atoms with Crippen LogP contribution in [-0.4, -0.2) is 23.9 Å². The molecule has 18 heavy (non-hydrogen) atoms. The molecule has 0 N–H and O–H groups in total. The number of aryl methyl sites for hydroxylation is 1. The van der Waals surface area contributed by atoms with Crippen LogP contribution in [0.3, 0.4) is 0 Å². The van der Waals surface area contributed by atoms with E-state index in [1.807, 2.05) is 30.0 Å². The highest BCUT2D eigenvalue weighted by atomic mass is 79.9. The first-order chi connectivity index (χ1) is 8.37. The van der Waals surface area contributed by atoms with Gasteiger partial charge in [0.1, 0.15) is 0 Å². The molecule has 0 aliphatic carbocycles. The highest BCUT2D eigenvalue weighted by Crippen LogP contribution is 2.29. The lowest BCUT2D eigenvalue weighted by Gasteiger charge is -2.38. The summed E-state index contributed by atoms with van der Waals surface area (Å²) in [6, 6.07) is 5.91. The van der Waals surface area contributed by atoms with Gasteiger partial charge in [0.2, 0.25) is 0 Å². The molecule has 0 bridgehead atoms. The van der Waals surface area contributed by atoms with E-state index in [1.54, 1.807) is 0 Å². The maximum Gasteiger partial charge on any atom is 0.253 e. The molecule has 3 heteroatoms. The normalized spacial score (nSPS) is 18.8. The molecule has 1 heterocycles. The van der Waals surface area contributed by atoms with E-state index < -0.39 is 0 Å². The molecule has 1 amide bonds. The number of nitrogens with zero attached hydrogens (tertiary/aromatic N) is 1. The van der Waals surface area contributed by atoms with E-state index in [9.17, 15) is 4.79 Å². The van der Waals surface area contributed by atoms with Crippen LogP contribution < -0.4 is 0 Å². The van der Waals surface area contributed by atoms with Gasteiger partial charge >= 0.3 is 0 Å². The number of rotatable bonds is 1. The number of amides is 1. The maximum atomic E-state index is 12.5. The topological polar surface area (TPSA) is 20.3 Å². The van der Waals surface area contributed by atoms with Crippen LogP contribution >= 0.6 is 15.9 Å². The summed E-state index contributed by atoms with van der Waals surface area (Å²) in [6.07, 6.45) is 2.31. The SMILES string of the molecule is Cc1cc(Br)cc(C(=O)N2CCCC(C)(C)C2)c1. The quantitative estimate of drug-likeness (QED) is 0.767. The van der Waals surface area contributed by atoms with Gasteiger partial charge in [-0.15, -0.1) is 0 Å². The van der Waals surface area contributed by atoms with Gasteiger partial charge in [-0.05, 0) is 48.9 Å². The molecule has 0 spiro atoms. The molecule has 1 aromatic rings. The average Bonchev–Trinajstić information content (AvgIpc) is 2.25. The van der Waals surface area contributed by atoms with Gasteiger partial charge in [0.25, 0.3) is 5.91 Å². The smallest absolute Gasteiger partial charge is 0.253 e. The molecular weight excluding hydrogens is 290 g/mol. The third-order valence-electron chi connectivity index (χ3n) is 3.48. The van der Waals surface area contributed by atoms with Crippen molar-refractivity contribution < 1.29 is 4.79 Å². The molecule has 98 valence electrons. The lowest BCUT2D eigenvalue weighted by atomic mass is 9.84. The van der Waals surface area contributed by atoms with E-state index in [-0.39, 0.29) is 11.3 Å². The zero-order chi connectivity index (χ0) is 13.3. The third kappa shape index (κ3) is 3.14. The Kier molecular flexibility index (Phi) is 3.81. The second-order valence-corrected chi connectivity index (χ2v) is 6.93. The van der Waals surface area contributed by atoms with E-state index in [4.69, 9.17) is 0 Å². The van der Waals surface area contributed by atoms with Crippen molar-refractivity contribution in [1.29, 1.82) is 0 Å². The van der Waals surface area contributed by atoms with Gasteiger partial charge in [0, 0.05) is 23.1 Å². The Morgan fingerprint density at radius 2 is 2.06 bits per heavy atom. The Bertz CT molecular complexity index is 447. The Hall–Kier alpha value is -0.830. The fourth-order valence-electron chi connectivity index (χ4n) is 2.64. The predicted octanol–water partition coefficient (Wildman–Crippen LogP) is 4.02. The van der Waals surface area contributed by atoms with Gasteiger partial charge < -0.3 is 4.90 Å². The molecule has 0 aromatic heterocycles. The van der Waals surface area contributed by atoms with Crippen LogP contribution in [0.2, 0.25) is 0 Å². The van der Waals surface area contributed by atoms with Crippen LogP contribution in [0.5, 0.6) is 0 Å². The van der Waals surface area contributed by atoms with Crippen molar-refractivity contribution in [2.24, 2.45) is 5.41 Å². The van der Waals surface area contributed by atoms with Gasteiger partial charge in [-0.2, -0.15) is 0 Å². The molecule has 1 aliphatic heterocycles. The number of carbonyl (C=O) groups excluding carboxylic acids is 1. The van der Waals surface area contributed by atoms with E-state index >= 15 is 0 Å². The summed E-state index contributed by atoms with van der Waals surface area (Å²) < 4.78 is 0.974. The molecular formula is C15H20BrNO. The third-order valence-corrected chi connectivity index (χ3v) is 3.93. The highest BCUT2D eigenvalue weighted by Gasteiger charge is 2.29. The summed E-state index contributed by atoms with van der Waals surface area (Å²) in [5.41, 5.74) is 2.15. The number of carbonyl (C=O) groups is 1. The van der Waals surface area contributed by atoms with Crippen molar-refractivity contribution in [3.63, 3.8) is 0 Å². The van der Waals surface area contributed by atoms with Crippen molar-refractivity contribution in [2.45, 2.75) is 33.6 Å². The number of benzene rings is 1. The molecule has 1 fully saturated rings. The van der Waals surface area contributed by atoms with Crippen molar-refractivity contribution in [3.8, 4) is 0 Å². The summed E-state index contributed by atoms with van der Waals surface area (Å²) in [4.78, 5) is 14.5. The Morgan fingerprint density at radius 3 is 2.67 bits per heavy atom.